The second-order valence-electron chi connectivity index (χ2n) is 7.12. The van der Waals surface area contributed by atoms with Crippen molar-refractivity contribution in [2.24, 2.45) is 0 Å². The van der Waals surface area contributed by atoms with E-state index in [4.69, 9.17) is 9.52 Å². The molecular weight excluding hydrogens is 366 g/mol. The molecule has 0 bridgehead atoms. The van der Waals surface area contributed by atoms with Gasteiger partial charge in [0.15, 0.2) is 0 Å². The van der Waals surface area contributed by atoms with E-state index in [1.165, 1.54) is 5.56 Å². The predicted octanol–water partition coefficient (Wildman–Crippen LogP) is 4.43. The molecule has 1 aromatic heterocycles. The van der Waals surface area contributed by atoms with Crippen molar-refractivity contribution in [2.45, 2.75) is 45.1 Å². The highest BCUT2D eigenvalue weighted by Crippen LogP contribution is 2.27. The molecule has 0 saturated carbocycles. The predicted molar refractivity (Wildman–Crippen MR) is 111 cm³/mol. The van der Waals surface area contributed by atoms with Crippen LogP contribution in [0.5, 0.6) is 0 Å². The fourth-order valence-electron chi connectivity index (χ4n) is 3.32. The van der Waals surface area contributed by atoms with Crippen LogP contribution in [0.15, 0.2) is 59.0 Å². The van der Waals surface area contributed by atoms with Crippen molar-refractivity contribution >= 4 is 5.97 Å². The van der Waals surface area contributed by atoms with E-state index >= 15 is 0 Å². The Labute approximate surface area is 171 Å². The van der Waals surface area contributed by atoms with E-state index in [2.05, 4.69) is 46.7 Å². The molecule has 0 aliphatic carbocycles. The van der Waals surface area contributed by atoms with Gasteiger partial charge >= 0.3 is 5.97 Å². The first kappa shape index (κ1) is 20.7. The van der Waals surface area contributed by atoms with E-state index in [0.29, 0.717) is 30.8 Å². The molecule has 0 saturated heterocycles. The molecule has 1 atom stereocenters. The SMILES string of the molecule is CCCC(Cc1nnc(-c2ccc(CNCCC(=O)O)cc2)o1)c1ccccc1. The van der Waals surface area contributed by atoms with Gasteiger partial charge in [0.1, 0.15) is 0 Å². The number of hydrogen-bond acceptors (Lipinski definition) is 5. The van der Waals surface area contributed by atoms with Crippen LogP contribution in [-0.4, -0.2) is 27.8 Å². The Kier molecular flexibility index (Phi) is 7.53. The van der Waals surface area contributed by atoms with Crippen molar-refractivity contribution < 1.29 is 14.3 Å². The Morgan fingerprint density at radius 2 is 1.86 bits per heavy atom. The second kappa shape index (κ2) is 10.5. The van der Waals surface area contributed by atoms with Crippen LogP contribution in [0, 0.1) is 0 Å². The first-order valence-corrected chi connectivity index (χ1v) is 10.0. The Bertz CT molecular complexity index is 891. The topological polar surface area (TPSA) is 88.2 Å². The van der Waals surface area contributed by atoms with E-state index in [1.54, 1.807) is 0 Å². The van der Waals surface area contributed by atoms with Gasteiger partial charge in [0.2, 0.25) is 11.8 Å². The lowest BCUT2D eigenvalue weighted by atomic mass is 9.91. The zero-order chi connectivity index (χ0) is 20.5. The number of rotatable bonds is 11. The fourth-order valence-corrected chi connectivity index (χ4v) is 3.32. The highest BCUT2D eigenvalue weighted by Gasteiger charge is 2.16. The average molecular weight is 393 g/mol. The number of benzene rings is 2. The molecule has 0 aliphatic rings. The third kappa shape index (κ3) is 6.26. The van der Waals surface area contributed by atoms with Crippen LogP contribution in [0.4, 0.5) is 0 Å². The van der Waals surface area contributed by atoms with Crippen LogP contribution in [0.25, 0.3) is 11.5 Å². The molecular formula is C23H27N3O3. The van der Waals surface area contributed by atoms with Gasteiger partial charge in [-0.2, -0.15) is 0 Å². The van der Waals surface area contributed by atoms with Gasteiger partial charge in [0.05, 0.1) is 6.42 Å². The number of carbonyl (C=O) groups is 1. The maximum atomic E-state index is 10.5. The van der Waals surface area contributed by atoms with E-state index < -0.39 is 5.97 Å². The van der Waals surface area contributed by atoms with Gasteiger partial charge in [-0.3, -0.25) is 4.79 Å². The van der Waals surface area contributed by atoms with Gasteiger partial charge in [-0.15, -0.1) is 10.2 Å². The molecule has 0 amide bonds. The molecule has 29 heavy (non-hydrogen) atoms. The summed E-state index contributed by atoms with van der Waals surface area (Å²) in [7, 11) is 0. The lowest BCUT2D eigenvalue weighted by molar-refractivity contribution is -0.136. The zero-order valence-corrected chi connectivity index (χ0v) is 16.7. The van der Waals surface area contributed by atoms with E-state index in [1.807, 2.05) is 30.3 Å². The summed E-state index contributed by atoms with van der Waals surface area (Å²) in [6.45, 7) is 3.26. The summed E-state index contributed by atoms with van der Waals surface area (Å²) in [5.41, 5.74) is 3.25. The Morgan fingerprint density at radius 1 is 1.10 bits per heavy atom. The third-order valence-electron chi connectivity index (χ3n) is 4.84. The van der Waals surface area contributed by atoms with Crippen molar-refractivity contribution in [2.75, 3.05) is 6.54 Å². The molecule has 3 aromatic rings. The van der Waals surface area contributed by atoms with Gasteiger partial charge in [0, 0.05) is 25.1 Å². The van der Waals surface area contributed by atoms with Crippen molar-refractivity contribution in [3.63, 3.8) is 0 Å². The standard InChI is InChI=1S/C23H27N3O3/c1-2-6-20(18-7-4-3-5-8-18)15-21-25-26-23(29-21)19-11-9-17(10-12-19)16-24-14-13-22(27)28/h3-5,7-12,20,24H,2,6,13-16H2,1H3,(H,27,28). The lowest BCUT2D eigenvalue weighted by Crippen LogP contribution is -2.17. The Hall–Kier alpha value is -2.99. The van der Waals surface area contributed by atoms with Gasteiger partial charge in [-0.25, -0.2) is 0 Å². The lowest BCUT2D eigenvalue weighted by Gasteiger charge is -2.14. The minimum atomic E-state index is -0.798. The summed E-state index contributed by atoms with van der Waals surface area (Å²) < 4.78 is 5.93. The molecule has 0 aliphatic heterocycles. The molecule has 2 aromatic carbocycles. The number of nitrogens with zero attached hydrogens (tertiary/aromatic N) is 2. The number of hydrogen-bond donors (Lipinski definition) is 2. The molecule has 3 rings (SSSR count). The number of carboxylic acid groups (broad SMARTS) is 1. The molecule has 1 unspecified atom stereocenters. The molecule has 6 nitrogen and oxygen atoms in total. The summed E-state index contributed by atoms with van der Waals surface area (Å²) in [4.78, 5) is 10.5. The zero-order valence-electron chi connectivity index (χ0n) is 16.7. The summed E-state index contributed by atoms with van der Waals surface area (Å²) in [6, 6.07) is 18.3. The van der Waals surface area contributed by atoms with Crippen molar-refractivity contribution in [1.82, 2.24) is 15.5 Å². The van der Waals surface area contributed by atoms with Gasteiger partial charge in [0.25, 0.3) is 0 Å². The van der Waals surface area contributed by atoms with Crippen molar-refractivity contribution in [3.8, 4) is 11.5 Å². The first-order valence-electron chi connectivity index (χ1n) is 10.0. The van der Waals surface area contributed by atoms with Crippen molar-refractivity contribution in [3.05, 3.63) is 71.6 Å². The summed E-state index contributed by atoms with van der Waals surface area (Å²) in [6.07, 6.45) is 3.02. The van der Waals surface area contributed by atoms with Crippen LogP contribution < -0.4 is 5.32 Å². The van der Waals surface area contributed by atoms with Gasteiger partial charge < -0.3 is 14.8 Å². The van der Waals surface area contributed by atoms with E-state index in [0.717, 1.165) is 30.4 Å². The minimum Gasteiger partial charge on any atom is -0.481 e. The number of aliphatic carboxylic acids is 1. The molecule has 2 N–H and O–H groups in total. The van der Waals surface area contributed by atoms with Crippen LogP contribution >= 0.6 is 0 Å². The van der Waals surface area contributed by atoms with Crippen molar-refractivity contribution in [1.29, 1.82) is 0 Å². The quantitative estimate of drug-likeness (QED) is 0.469. The Morgan fingerprint density at radius 3 is 2.55 bits per heavy atom. The van der Waals surface area contributed by atoms with Crippen LogP contribution in [0.3, 0.4) is 0 Å². The van der Waals surface area contributed by atoms with Gasteiger partial charge in [-0.1, -0.05) is 55.8 Å². The van der Waals surface area contributed by atoms with E-state index in [9.17, 15) is 4.79 Å². The monoisotopic (exact) mass is 393 g/mol. The minimum absolute atomic E-state index is 0.116. The average Bonchev–Trinajstić information content (AvgIpc) is 3.20. The fraction of sp³-hybridized carbons (Fsp3) is 0.348. The normalized spacial score (nSPS) is 12.0. The maximum Gasteiger partial charge on any atom is 0.304 e. The largest absolute Gasteiger partial charge is 0.481 e. The first-order chi connectivity index (χ1) is 14.2. The summed E-state index contributed by atoms with van der Waals surface area (Å²) in [5.74, 6) is 0.748. The number of carboxylic acids is 1. The molecule has 6 heteroatoms. The molecule has 152 valence electrons. The second-order valence-corrected chi connectivity index (χ2v) is 7.12. The molecule has 0 spiro atoms. The highest BCUT2D eigenvalue weighted by atomic mass is 16.4. The van der Waals surface area contributed by atoms with Crippen LogP contribution in [0.1, 0.15) is 49.1 Å². The summed E-state index contributed by atoms with van der Waals surface area (Å²) >= 11 is 0. The third-order valence-corrected chi connectivity index (χ3v) is 4.84. The van der Waals surface area contributed by atoms with Crippen LogP contribution in [0.2, 0.25) is 0 Å². The van der Waals surface area contributed by atoms with Crippen LogP contribution in [-0.2, 0) is 17.8 Å². The Balaban J connectivity index is 1.61. The number of aromatic nitrogens is 2. The van der Waals surface area contributed by atoms with Gasteiger partial charge in [-0.05, 0) is 35.6 Å². The smallest absolute Gasteiger partial charge is 0.304 e. The summed E-state index contributed by atoms with van der Waals surface area (Å²) in [5, 5.41) is 20.2. The molecule has 0 fully saturated rings. The molecule has 1 heterocycles. The number of nitrogens with one attached hydrogen (secondary N) is 1. The maximum absolute atomic E-state index is 10.5. The molecule has 0 radical (unpaired) electrons. The highest BCUT2D eigenvalue weighted by molar-refractivity contribution is 5.66. The van der Waals surface area contributed by atoms with E-state index in [-0.39, 0.29) is 6.42 Å².